The van der Waals surface area contributed by atoms with E-state index in [-0.39, 0.29) is 22.1 Å². The molecule has 0 aromatic heterocycles. The zero-order valence-corrected chi connectivity index (χ0v) is 18.8. The summed E-state index contributed by atoms with van der Waals surface area (Å²) < 4.78 is 5.30. The zero-order valence-electron chi connectivity index (χ0n) is 18.0. The average Bonchev–Trinajstić information content (AvgIpc) is 2.80. The fraction of sp³-hybridized carbons (Fsp3) is 0.364. The van der Waals surface area contributed by atoms with Gasteiger partial charge in [-0.3, -0.25) is 20.2 Å². The van der Waals surface area contributed by atoms with Gasteiger partial charge in [0.15, 0.2) is 5.11 Å². The number of hydrogen-bond donors (Lipinski definition) is 3. The molecule has 1 unspecified atom stereocenters. The van der Waals surface area contributed by atoms with Gasteiger partial charge in [-0.25, -0.2) is 0 Å². The Balaban J connectivity index is 1.73. The third-order valence-electron chi connectivity index (χ3n) is 5.46. The second-order valence-corrected chi connectivity index (χ2v) is 7.96. The van der Waals surface area contributed by atoms with E-state index < -0.39 is 10.8 Å². The van der Waals surface area contributed by atoms with Crippen LogP contribution >= 0.6 is 12.2 Å². The van der Waals surface area contributed by atoms with Crippen LogP contribution in [0.2, 0.25) is 0 Å². The van der Waals surface area contributed by atoms with Crippen LogP contribution < -0.4 is 15.5 Å². The summed E-state index contributed by atoms with van der Waals surface area (Å²) in [5.74, 6) is -0.291. The molecule has 1 aliphatic heterocycles. The van der Waals surface area contributed by atoms with Gasteiger partial charge in [0.1, 0.15) is 11.4 Å². The van der Waals surface area contributed by atoms with Crippen molar-refractivity contribution in [2.45, 2.75) is 26.2 Å². The van der Waals surface area contributed by atoms with Crippen LogP contribution in [0.15, 0.2) is 36.4 Å². The lowest BCUT2D eigenvalue weighted by Gasteiger charge is -2.28. The van der Waals surface area contributed by atoms with Crippen molar-refractivity contribution in [1.29, 1.82) is 0 Å². The van der Waals surface area contributed by atoms with Gasteiger partial charge < -0.3 is 20.1 Å². The Bertz CT molecular complexity index is 1020. The van der Waals surface area contributed by atoms with E-state index >= 15 is 0 Å². The lowest BCUT2D eigenvalue weighted by molar-refractivity contribution is -0.384. The lowest BCUT2D eigenvalue weighted by Crippen LogP contribution is -2.37. The third kappa shape index (κ3) is 5.51. The second kappa shape index (κ2) is 10.4. The second-order valence-electron chi connectivity index (χ2n) is 7.55. The summed E-state index contributed by atoms with van der Waals surface area (Å²) in [7, 11) is 0. The number of amides is 1. The number of phenols is 1. The minimum Gasteiger partial charge on any atom is -0.506 e. The van der Waals surface area contributed by atoms with Crippen LogP contribution in [0.25, 0.3) is 0 Å². The summed E-state index contributed by atoms with van der Waals surface area (Å²) in [6.07, 6.45) is 0.935. The molecule has 9 nitrogen and oxygen atoms in total. The number of carbonyl (C=O) groups is 1. The summed E-state index contributed by atoms with van der Waals surface area (Å²) in [5, 5.41) is 27.0. The molecule has 1 heterocycles. The molecule has 170 valence electrons. The minimum absolute atomic E-state index is 0.000783. The highest BCUT2D eigenvalue weighted by atomic mass is 32.1. The van der Waals surface area contributed by atoms with Gasteiger partial charge in [-0.05, 0) is 54.4 Å². The molecule has 1 saturated heterocycles. The normalized spacial score (nSPS) is 14.5. The maximum absolute atomic E-state index is 12.7. The highest BCUT2D eigenvalue weighted by Crippen LogP contribution is 2.31. The number of carbonyl (C=O) groups excluding carboxylic acids is 1. The summed E-state index contributed by atoms with van der Waals surface area (Å²) in [4.78, 5) is 25.6. The number of aromatic hydroxyl groups is 1. The summed E-state index contributed by atoms with van der Waals surface area (Å²) in [5.41, 5.74) is 1.80. The van der Waals surface area contributed by atoms with Gasteiger partial charge in [0, 0.05) is 24.7 Å². The first-order valence-corrected chi connectivity index (χ1v) is 10.8. The van der Waals surface area contributed by atoms with Gasteiger partial charge in [0.2, 0.25) is 0 Å². The standard InChI is InChI=1S/C22H26N4O5S/c1-3-14(2)15-5-7-20(27)17(12-15)23-22(32)24-21(28)16-4-6-18(19(13-16)26(29)30)25-8-10-31-11-9-25/h4-7,12-14,27H,3,8-11H2,1-2H3,(H2,23,24,28,32). The number of phenolic OH excluding ortho intramolecular Hbond substituents is 1. The van der Waals surface area contributed by atoms with Crippen LogP contribution in [0, 0.1) is 10.1 Å². The maximum atomic E-state index is 12.7. The highest BCUT2D eigenvalue weighted by Gasteiger charge is 2.23. The molecule has 0 saturated carbocycles. The molecule has 0 aliphatic carbocycles. The number of anilines is 2. The van der Waals surface area contributed by atoms with Gasteiger partial charge >= 0.3 is 0 Å². The molecule has 1 fully saturated rings. The molecule has 32 heavy (non-hydrogen) atoms. The van der Waals surface area contributed by atoms with Crippen molar-refractivity contribution >= 4 is 40.3 Å². The summed E-state index contributed by atoms with van der Waals surface area (Å²) in [6, 6.07) is 9.52. The van der Waals surface area contributed by atoms with Crippen molar-refractivity contribution in [3.05, 3.63) is 57.6 Å². The Kier molecular flexibility index (Phi) is 7.60. The van der Waals surface area contributed by atoms with Crippen molar-refractivity contribution in [3.8, 4) is 5.75 Å². The Morgan fingerprint density at radius 2 is 2.00 bits per heavy atom. The van der Waals surface area contributed by atoms with E-state index in [4.69, 9.17) is 17.0 Å². The quantitative estimate of drug-likeness (QED) is 0.259. The molecule has 1 aliphatic rings. The van der Waals surface area contributed by atoms with Crippen LogP contribution in [0.5, 0.6) is 5.75 Å². The lowest BCUT2D eigenvalue weighted by atomic mass is 9.98. The largest absolute Gasteiger partial charge is 0.506 e. The number of nitro groups is 1. The Morgan fingerprint density at radius 3 is 2.66 bits per heavy atom. The van der Waals surface area contributed by atoms with Gasteiger partial charge in [0.25, 0.3) is 11.6 Å². The van der Waals surface area contributed by atoms with E-state index in [1.54, 1.807) is 18.2 Å². The number of ether oxygens (including phenoxy) is 1. The number of nitro benzene ring substituents is 1. The molecule has 1 atom stereocenters. The predicted octanol–water partition coefficient (Wildman–Crippen LogP) is 3.78. The first-order valence-electron chi connectivity index (χ1n) is 10.4. The van der Waals surface area contributed by atoms with Crippen LogP contribution in [-0.4, -0.2) is 47.4 Å². The van der Waals surface area contributed by atoms with Crippen molar-refractivity contribution in [2.24, 2.45) is 0 Å². The van der Waals surface area contributed by atoms with Gasteiger partial charge in [0.05, 0.1) is 23.8 Å². The average molecular weight is 459 g/mol. The maximum Gasteiger partial charge on any atom is 0.293 e. The van der Waals surface area contributed by atoms with E-state index in [1.807, 2.05) is 11.0 Å². The summed E-state index contributed by atoms with van der Waals surface area (Å²) in [6.45, 7) is 6.21. The fourth-order valence-electron chi connectivity index (χ4n) is 3.41. The number of rotatable bonds is 6. The van der Waals surface area contributed by atoms with Crippen LogP contribution in [0.1, 0.15) is 42.1 Å². The van der Waals surface area contributed by atoms with Crippen molar-refractivity contribution in [3.63, 3.8) is 0 Å². The predicted molar refractivity (Wildman–Crippen MR) is 127 cm³/mol. The minimum atomic E-state index is -0.586. The van der Waals surface area contributed by atoms with E-state index in [0.29, 0.717) is 43.6 Å². The van der Waals surface area contributed by atoms with Crippen LogP contribution in [-0.2, 0) is 4.74 Å². The summed E-state index contributed by atoms with van der Waals surface area (Å²) >= 11 is 5.21. The third-order valence-corrected chi connectivity index (χ3v) is 5.67. The molecular formula is C22H26N4O5S. The first-order chi connectivity index (χ1) is 15.3. The number of thiocarbonyl (C=S) groups is 1. The Morgan fingerprint density at radius 1 is 1.28 bits per heavy atom. The molecule has 2 aromatic rings. The molecule has 0 radical (unpaired) electrons. The molecule has 2 aromatic carbocycles. The highest BCUT2D eigenvalue weighted by molar-refractivity contribution is 7.80. The Hall–Kier alpha value is -3.24. The number of nitrogens with one attached hydrogen (secondary N) is 2. The number of nitrogens with zero attached hydrogens (tertiary/aromatic N) is 2. The molecule has 1 amide bonds. The van der Waals surface area contributed by atoms with Crippen molar-refractivity contribution in [1.82, 2.24) is 5.32 Å². The molecule has 0 bridgehead atoms. The van der Waals surface area contributed by atoms with Gasteiger partial charge in [-0.2, -0.15) is 0 Å². The Labute approximate surface area is 191 Å². The molecule has 10 heteroatoms. The molecular weight excluding hydrogens is 432 g/mol. The van der Waals surface area contributed by atoms with E-state index in [2.05, 4.69) is 24.5 Å². The van der Waals surface area contributed by atoms with E-state index in [0.717, 1.165) is 12.0 Å². The number of morpholine rings is 1. The SMILES string of the molecule is CCC(C)c1ccc(O)c(NC(=S)NC(=O)c2ccc(N3CCOCC3)c([N+](=O)[O-])c2)c1. The monoisotopic (exact) mass is 458 g/mol. The fourth-order valence-corrected chi connectivity index (χ4v) is 3.61. The van der Waals surface area contributed by atoms with E-state index in [9.17, 15) is 20.0 Å². The van der Waals surface area contributed by atoms with Crippen LogP contribution in [0.4, 0.5) is 17.1 Å². The topological polar surface area (TPSA) is 117 Å². The molecule has 3 N–H and O–H groups in total. The van der Waals surface area contributed by atoms with E-state index in [1.165, 1.54) is 12.1 Å². The van der Waals surface area contributed by atoms with Crippen LogP contribution in [0.3, 0.4) is 0 Å². The first kappa shape index (κ1) is 23.4. The smallest absolute Gasteiger partial charge is 0.293 e. The zero-order chi connectivity index (χ0) is 23.3. The molecule has 0 spiro atoms. The van der Waals surface area contributed by atoms with Crippen molar-refractivity contribution in [2.75, 3.05) is 36.5 Å². The van der Waals surface area contributed by atoms with Crippen molar-refractivity contribution < 1.29 is 19.6 Å². The number of benzene rings is 2. The molecule has 3 rings (SSSR count). The van der Waals surface area contributed by atoms with Gasteiger partial charge in [-0.15, -0.1) is 0 Å². The van der Waals surface area contributed by atoms with Gasteiger partial charge in [-0.1, -0.05) is 19.9 Å². The number of hydrogen-bond acceptors (Lipinski definition) is 7.